The van der Waals surface area contributed by atoms with Crippen molar-refractivity contribution in [1.82, 2.24) is 10.2 Å². The zero-order valence-corrected chi connectivity index (χ0v) is 15.3. The second-order valence-electron chi connectivity index (χ2n) is 6.99. The third-order valence-electron chi connectivity index (χ3n) is 4.73. The van der Waals surface area contributed by atoms with Crippen LogP contribution in [0.25, 0.3) is 0 Å². The summed E-state index contributed by atoms with van der Waals surface area (Å²) in [6, 6.07) is 17.1. The molecule has 26 heavy (non-hydrogen) atoms. The Morgan fingerprint density at radius 3 is 2.46 bits per heavy atom. The number of hydrogen-bond acceptors (Lipinski definition) is 4. The standard InChI is InChI=1S/C21H26N2O3/c1-15(2)23-12-19(20(24)13-23)22-21(25)17-8-10-18(11-9-17)26-14-16-6-4-3-5-7-16/h3-11,15,19-20,24H,12-14H2,1-2H3,(H,22,25)/t19-,20-/m1/s1. The van der Waals surface area contributed by atoms with Gasteiger partial charge in [-0.05, 0) is 43.7 Å². The van der Waals surface area contributed by atoms with Gasteiger partial charge in [-0.3, -0.25) is 9.69 Å². The van der Waals surface area contributed by atoms with E-state index < -0.39 is 6.10 Å². The molecule has 2 N–H and O–H groups in total. The molecule has 1 aliphatic heterocycles. The van der Waals surface area contributed by atoms with E-state index in [2.05, 4.69) is 24.1 Å². The molecule has 0 radical (unpaired) electrons. The van der Waals surface area contributed by atoms with Gasteiger partial charge in [0, 0.05) is 24.7 Å². The van der Waals surface area contributed by atoms with Crippen LogP contribution < -0.4 is 10.1 Å². The highest BCUT2D eigenvalue weighted by atomic mass is 16.5. The van der Waals surface area contributed by atoms with Crippen molar-refractivity contribution in [2.75, 3.05) is 13.1 Å². The summed E-state index contributed by atoms with van der Waals surface area (Å²) in [5.41, 5.74) is 1.66. The molecular formula is C21H26N2O3. The number of nitrogens with zero attached hydrogens (tertiary/aromatic N) is 1. The lowest BCUT2D eigenvalue weighted by atomic mass is 10.1. The normalized spacial score (nSPS) is 20.3. The van der Waals surface area contributed by atoms with Crippen LogP contribution in [-0.4, -0.2) is 47.2 Å². The number of carbonyl (C=O) groups is 1. The van der Waals surface area contributed by atoms with Gasteiger partial charge < -0.3 is 15.2 Å². The number of benzene rings is 2. The number of hydrogen-bond donors (Lipinski definition) is 2. The molecule has 138 valence electrons. The number of rotatable bonds is 6. The molecule has 0 bridgehead atoms. The van der Waals surface area contributed by atoms with E-state index in [9.17, 15) is 9.90 Å². The summed E-state index contributed by atoms with van der Waals surface area (Å²) in [5.74, 6) is 0.548. The second-order valence-corrected chi connectivity index (χ2v) is 6.99. The van der Waals surface area contributed by atoms with Crippen LogP contribution in [0.1, 0.15) is 29.8 Å². The summed E-state index contributed by atoms with van der Waals surface area (Å²) in [6.07, 6.45) is -0.533. The van der Waals surface area contributed by atoms with Gasteiger partial charge in [0.25, 0.3) is 5.91 Å². The van der Waals surface area contributed by atoms with Crippen LogP contribution in [-0.2, 0) is 6.61 Å². The molecule has 2 aromatic rings. The Hall–Kier alpha value is -2.37. The molecular weight excluding hydrogens is 328 g/mol. The summed E-state index contributed by atoms with van der Waals surface area (Å²) in [7, 11) is 0. The summed E-state index contributed by atoms with van der Waals surface area (Å²) in [6.45, 7) is 5.93. The quantitative estimate of drug-likeness (QED) is 0.836. The number of aliphatic hydroxyl groups is 1. The first-order chi connectivity index (χ1) is 12.5. The number of β-amino-alcohol motifs (C(OH)–C–C–N with tert-alkyl or cyclic N) is 1. The van der Waals surface area contributed by atoms with Gasteiger partial charge in [0.1, 0.15) is 12.4 Å². The lowest BCUT2D eigenvalue weighted by molar-refractivity contribution is 0.0888. The van der Waals surface area contributed by atoms with Crippen molar-refractivity contribution in [3.63, 3.8) is 0 Å². The van der Waals surface area contributed by atoms with Crippen LogP contribution in [0, 0.1) is 0 Å². The van der Waals surface area contributed by atoms with Crippen LogP contribution in [0.3, 0.4) is 0 Å². The number of amides is 1. The first-order valence-electron chi connectivity index (χ1n) is 9.02. The molecule has 1 heterocycles. The second kappa shape index (κ2) is 8.34. The van der Waals surface area contributed by atoms with E-state index >= 15 is 0 Å². The molecule has 0 saturated carbocycles. The average Bonchev–Trinajstić information content (AvgIpc) is 3.02. The van der Waals surface area contributed by atoms with Crippen molar-refractivity contribution in [1.29, 1.82) is 0 Å². The Balaban J connectivity index is 1.54. The maximum atomic E-state index is 12.4. The van der Waals surface area contributed by atoms with Gasteiger partial charge in [-0.2, -0.15) is 0 Å². The SMILES string of the molecule is CC(C)N1C[C@@H](O)[C@H](NC(=O)c2ccc(OCc3ccccc3)cc2)C1. The van der Waals surface area contributed by atoms with Crippen molar-refractivity contribution in [3.05, 3.63) is 65.7 Å². The van der Waals surface area contributed by atoms with Crippen molar-refractivity contribution in [2.24, 2.45) is 0 Å². The molecule has 2 atom stereocenters. The highest BCUT2D eigenvalue weighted by molar-refractivity contribution is 5.94. The van der Waals surface area contributed by atoms with Gasteiger partial charge in [0.05, 0.1) is 12.1 Å². The fourth-order valence-electron chi connectivity index (χ4n) is 3.07. The van der Waals surface area contributed by atoms with Crippen molar-refractivity contribution in [3.8, 4) is 5.75 Å². The van der Waals surface area contributed by atoms with E-state index in [0.717, 1.165) is 11.3 Å². The number of likely N-dealkylation sites (tertiary alicyclic amines) is 1. The summed E-state index contributed by atoms with van der Waals surface area (Å²) >= 11 is 0. The summed E-state index contributed by atoms with van der Waals surface area (Å²) < 4.78 is 5.74. The minimum atomic E-state index is -0.533. The molecule has 5 nitrogen and oxygen atoms in total. The van der Waals surface area contributed by atoms with Crippen LogP contribution >= 0.6 is 0 Å². The lowest BCUT2D eigenvalue weighted by Gasteiger charge is -2.20. The zero-order valence-electron chi connectivity index (χ0n) is 15.3. The Labute approximate surface area is 154 Å². The summed E-state index contributed by atoms with van der Waals surface area (Å²) in [5, 5.41) is 13.1. The smallest absolute Gasteiger partial charge is 0.251 e. The van der Waals surface area contributed by atoms with E-state index in [-0.39, 0.29) is 11.9 Å². The van der Waals surface area contributed by atoms with E-state index in [0.29, 0.717) is 31.3 Å². The lowest BCUT2D eigenvalue weighted by Crippen LogP contribution is -2.43. The van der Waals surface area contributed by atoms with Gasteiger partial charge in [-0.15, -0.1) is 0 Å². The molecule has 0 unspecified atom stereocenters. The molecule has 1 aliphatic rings. The molecule has 1 amide bonds. The van der Waals surface area contributed by atoms with Gasteiger partial charge in [-0.1, -0.05) is 30.3 Å². The predicted octanol–water partition coefficient (Wildman–Crippen LogP) is 2.45. The Morgan fingerprint density at radius 1 is 1.15 bits per heavy atom. The van der Waals surface area contributed by atoms with Crippen LogP contribution in [0.4, 0.5) is 0 Å². The molecule has 1 fully saturated rings. The topological polar surface area (TPSA) is 61.8 Å². The predicted molar refractivity (Wildman–Crippen MR) is 101 cm³/mol. The highest BCUT2D eigenvalue weighted by Gasteiger charge is 2.33. The minimum Gasteiger partial charge on any atom is -0.489 e. The Morgan fingerprint density at radius 2 is 1.85 bits per heavy atom. The zero-order chi connectivity index (χ0) is 18.5. The van der Waals surface area contributed by atoms with Crippen LogP contribution in [0.15, 0.2) is 54.6 Å². The molecule has 2 aromatic carbocycles. The van der Waals surface area contributed by atoms with Gasteiger partial charge in [0.15, 0.2) is 0 Å². The van der Waals surface area contributed by atoms with Crippen molar-refractivity contribution >= 4 is 5.91 Å². The van der Waals surface area contributed by atoms with E-state index in [1.54, 1.807) is 24.3 Å². The van der Waals surface area contributed by atoms with E-state index in [4.69, 9.17) is 4.74 Å². The largest absolute Gasteiger partial charge is 0.489 e. The van der Waals surface area contributed by atoms with Gasteiger partial charge in [0.2, 0.25) is 0 Å². The van der Waals surface area contributed by atoms with E-state index in [1.165, 1.54) is 0 Å². The molecule has 0 aromatic heterocycles. The average molecular weight is 354 g/mol. The Kier molecular flexibility index (Phi) is 5.91. The summed E-state index contributed by atoms with van der Waals surface area (Å²) in [4.78, 5) is 14.6. The monoisotopic (exact) mass is 354 g/mol. The third-order valence-corrected chi connectivity index (χ3v) is 4.73. The first kappa shape index (κ1) is 18.4. The molecule has 0 aliphatic carbocycles. The van der Waals surface area contributed by atoms with Crippen molar-refractivity contribution in [2.45, 2.75) is 38.6 Å². The Bertz CT molecular complexity index is 716. The molecule has 3 rings (SSSR count). The van der Waals surface area contributed by atoms with Gasteiger partial charge in [-0.25, -0.2) is 0 Å². The number of aliphatic hydroxyl groups excluding tert-OH is 1. The number of ether oxygens (including phenoxy) is 1. The van der Waals surface area contributed by atoms with Gasteiger partial charge >= 0.3 is 0 Å². The fourth-order valence-corrected chi connectivity index (χ4v) is 3.07. The van der Waals surface area contributed by atoms with Crippen LogP contribution in [0.2, 0.25) is 0 Å². The minimum absolute atomic E-state index is 0.172. The molecule has 0 spiro atoms. The molecule has 5 heteroatoms. The fraction of sp³-hybridized carbons (Fsp3) is 0.381. The maximum Gasteiger partial charge on any atom is 0.251 e. The van der Waals surface area contributed by atoms with Crippen molar-refractivity contribution < 1.29 is 14.6 Å². The van der Waals surface area contributed by atoms with E-state index in [1.807, 2.05) is 30.3 Å². The highest BCUT2D eigenvalue weighted by Crippen LogP contribution is 2.16. The molecule has 1 saturated heterocycles. The maximum absolute atomic E-state index is 12.4. The number of nitrogens with one attached hydrogen (secondary N) is 1. The number of carbonyl (C=O) groups excluding carboxylic acids is 1. The first-order valence-corrected chi connectivity index (χ1v) is 9.02. The third kappa shape index (κ3) is 4.62. The van der Waals surface area contributed by atoms with Crippen LogP contribution in [0.5, 0.6) is 5.75 Å².